The number of hydrogen-bond donors (Lipinski definition) is 2. The van der Waals surface area contributed by atoms with E-state index in [9.17, 15) is 22.8 Å². The van der Waals surface area contributed by atoms with Crippen LogP contribution in [0.15, 0.2) is 60.7 Å². The number of carbonyl (C=O) groups excluding carboxylic acids is 2. The summed E-state index contributed by atoms with van der Waals surface area (Å²) < 4.78 is 45.1. The molecule has 0 aliphatic heterocycles. The lowest BCUT2D eigenvalue weighted by Crippen LogP contribution is -2.34. The molecular weight excluding hydrogens is 545 g/mol. The molecule has 7 nitrogen and oxygen atoms in total. The summed E-state index contributed by atoms with van der Waals surface area (Å²) in [7, 11) is 1.40. The number of methoxy groups -OCH3 is 1. The minimum atomic E-state index is -4.52. The summed E-state index contributed by atoms with van der Waals surface area (Å²) in [6, 6.07) is 14.4. The number of aromatic nitrogens is 2. The zero-order valence-electron chi connectivity index (χ0n) is 22.1. The average Bonchev–Trinajstić information content (AvgIpc) is 2.90. The molecule has 0 aliphatic carbocycles. The van der Waals surface area contributed by atoms with E-state index in [2.05, 4.69) is 20.6 Å². The fourth-order valence-corrected chi connectivity index (χ4v) is 4.00. The number of hydrogen-bond acceptors (Lipinski definition) is 5. The number of halogens is 4. The van der Waals surface area contributed by atoms with E-state index in [4.69, 9.17) is 16.3 Å². The first-order valence-corrected chi connectivity index (χ1v) is 12.6. The van der Waals surface area contributed by atoms with E-state index in [-0.39, 0.29) is 40.3 Å². The minimum absolute atomic E-state index is 0.0342. The fourth-order valence-electron chi connectivity index (χ4n) is 3.80. The van der Waals surface area contributed by atoms with Gasteiger partial charge in [0.1, 0.15) is 0 Å². The fraction of sp³-hybridized carbons (Fsp3) is 0.241. The Morgan fingerprint density at radius 2 is 1.73 bits per heavy atom. The van der Waals surface area contributed by atoms with E-state index in [1.165, 1.54) is 19.2 Å². The monoisotopic (exact) mass is 570 g/mol. The topological polar surface area (TPSA) is 93.2 Å². The van der Waals surface area contributed by atoms with Crippen molar-refractivity contribution in [1.82, 2.24) is 15.3 Å². The lowest BCUT2D eigenvalue weighted by Gasteiger charge is -2.18. The van der Waals surface area contributed by atoms with Crippen LogP contribution in [0, 0.1) is 5.41 Å². The number of rotatable bonds is 6. The van der Waals surface area contributed by atoms with Gasteiger partial charge >= 0.3 is 6.18 Å². The van der Waals surface area contributed by atoms with Crippen LogP contribution in [0.3, 0.4) is 0 Å². The molecule has 0 saturated heterocycles. The smallest absolute Gasteiger partial charge is 0.416 e. The molecule has 3 aromatic carbocycles. The Morgan fingerprint density at radius 1 is 0.975 bits per heavy atom. The second-order valence-electron chi connectivity index (χ2n) is 10.1. The molecule has 0 radical (unpaired) electrons. The van der Waals surface area contributed by atoms with Crippen molar-refractivity contribution < 1.29 is 27.5 Å². The van der Waals surface area contributed by atoms with Crippen LogP contribution < -0.4 is 15.4 Å². The van der Waals surface area contributed by atoms with Gasteiger partial charge in [-0.1, -0.05) is 50.6 Å². The quantitative estimate of drug-likeness (QED) is 0.263. The Labute approximate surface area is 233 Å². The SMILES string of the molecule is COc1nc(-c2cccc(C(F)(F)F)c2)nc2cc(NC(=O)c3cc(CNC(=O)C(C)(C)C)ccc3Cl)ccc12. The lowest BCUT2D eigenvalue weighted by atomic mass is 9.95. The number of carbonyl (C=O) groups is 2. The maximum Gasteiger partial charge on any atom is 0.416 e. The van der Waals surface area contributed by atoms with E-state index in [1.807, 2.05) is 0 Å². The third-order valence-electron chi connectivity index (χ3n) is 5.97. The van der Waals surface area contributed by atoms with Crippen molar-refractivity contribution in [2.75, 3.05) is 12.4 Å². The molecule has 4 aromatic rings. The molecule has 2 amide bonds. The number of anilines is 1. The van der Waals surface area contributed by atoms with Crippen LogP contribution in [0.5, 0.6) is 5.88 Å². The number of fused-ring (bicyclic) bond motifs is 1. The van der Waals surface area contributed by atoms with Crippen LogP contribution in [0.4, 0.5) is 18.9 Å². The highest BCUT2D eigenvalue weighted by Gasteiger charge is 2.30. The molecule has 0 bridgehead atoms. The molecule has 0 atom stereocenters. The maximum absolute atomic E-state index is 13.2. The third kappa shape index (κ3) is 6.51. The van der Waals surface area contributed by atoms with Crippen LogP contribution in [0.2, 0.25) is 5.02 Å². The van der Waals surface area contributed by atoms with Crippen molar-refractivity contribution >= 4 is 40.0 Å². The van der Waals surface area contributed by atoms with Crippen LogP contribution in [0.25, 0.3) is 22.3 Å². The first kappa shape index (κ1) is 28.8. The third-order valence-corrected chi connectivity index (χ3v) is 6.30. The largest absolute Gasteiger partial charge is 0.480 e. The Hall–Kier alpha value is -4.18. The van der Waals surface area contributed by atoms with Gasteiger partial charge < -0.3 is 15.4 Å². The molecule has 0 fully saturated rings. The van der Waals surface area contributed by atoms with Gasteiger partial charge in [0.2, 0.25) is 11.8 Å². The minimum Gasteiger partial charge on any atom is -0.480 e. The van der Waals surface area contributed by atoms with Crippen molar-refractivity contribution in [3.05, 3.63) is 82.4 Å². The van der Waals surface area contributed by atoms with Gasteiger partial charge in [0.15, 0.2) is 5.82 Å². The molecule has 208 valence electrons. The van der Waals surface area contributed by atoms with Gasteiger partial charge in [0.25, 0.3) is 5.91 Å². The van der Waals surface area contributed by atoms with Gasteiger partial charge in [-0.2, -0.15) is 18.2 Å². The van der Waals surface area contributed by atoms with Gasteiger partial charge in [-0.25, -0.2) is 4.98 Å². The number of benzene rings is 3. The van der Waals surface area contributed by atoms with E-state index < -0.39 is 23.1 Å². The van der Waals surface area contributed by atoms with Gasteiger partial charge in [0, 0.05) is 23.2 Å². The van der Waals surface area contributed by atoms with Crippen molar-refractivity contribution in [2.45, 2.75) is 33.5 Å². The second kappa shape index (κ2) is 11.1. The van der Waals surface area contributed by atoms with Crippen LogP contribution in [-0.2, 0) is 17.5 Å². The molecule has 0 aliphatic rings. The molecule has 40 heavy (non-hydrogen) atoms. The normalized spacial score (nSPS) is 11.8. The number of alkyl halides is 3. The number of nitrogens with one attached hydrogen (secondary N) is 2. The highest BCUT2D eigenvalue weighted by Crippen LogP contribution is 2.33. The second-order valence-corrected chi connectivity index (χ2v) is 10.5. The molecule has 0 unspecified atom stereocenters. The molecule has 0 spiro atoms. The molecule has 11 heteroatoms. The highest BCUT2D eigenvalue weighted by atomic mass is 35.5. The van der Waals surface area contributed by atoms with E-state index in [0.29, 0.717) is 22.2 Å². The molecular formula is C29H26ClF3N4O3. The van der Waals surface area contributed by atoms with Crippen molar-refractivity contribution in [1.29, 1.82) is 0 Å². The number of ether oxygens (including phenoxy) is 1. The zero-order chi connectivity index (χ0) is 29.2. The van der Waals surface area contributed by atoms with Crippen LogP contribution in [-0.4, -0.2) is 28.9 Å². The number of nitrogens with zero attached hydrogens (tertiary/aromatic N) is 2. The van der Waals surface area contributed by atoms with Crippen molar-refractivity contribution in [3.63, 3.8) is 0 Å². The summed E-state index contributed by atoms with van der Waals surface area (Å²) in [4.78, 5) is 34.0. The Balaban J connectivity index is 1.62. The van der Waals surface area contributed by atoms with Crippen LogP contribution >= 0.6 is 11.6 Å². The van der Waals surface area contributed by atoms with Gasteiger partial charge in [0.05, 0.1) is 34.2 Å². The highest BCUT2D eigenvalue weighted by molar-refractivity contribution is 6.34. The van der Waals surface area contributed by atoms with Crippen molar-refractivity contribution in [3.8, 4) is 17.3 Å². The standard InChI is InChI=1S/C29H26ClF3N4O3/c1-28(2,3)27(39)34-15-16-8-11-22(30)21(12-16)25(38)35-19-9-10-20-23(14-19)36-24(37-26(20)40-4)17-6-5-7-18(13-17)29(31,32)33/h5-14H,15H2,1-4H3,(H,34,39)(H,35,38). The summed E-state index contributed by atoms with van der Waals surface area (Å²) in [5, 5.41) is 6.33. The van der Waals surface area contributed by atoms with Gasteiger partial charge in [-0.05, 0) is 48.0 Å². The first-order chi connectivity index (χ1) is 18.8. The molecule has 4 rings (SSSR count). The predicted molar refractivity (Wildman–Crippen MR) is 147 cm³/mol. The first-order valence-electron chi connectivity index (χ1n) is 12.2. The summed E-state index contributed by atoms with van der Waals surface area (Å²) >= 11 is 6.30. The predicted octanol–water partition coefficient (Wildman–Crippen LogP) is 6.89. The Kier molecular flexibility index (Phi) is 8.02. The van der Waals surface area contributed by atoms with Crippen LogP contribution in [0.1, 0.15) is 42.3 Å². The molecule has 1 heterocycles. The number of amides is 2. The Morgan fingerprint density at radius 3 is 2.40 bits per heavy atom. The lowest BCUT2D eigenvalue weighted by molar-refractivity contribution is -0.137. The van der Waals surface area contributed by atoms with Gasteiger partial charge in [-0.15, -0.1) is 0 Å². The van der Waals surface area contributed by atoms with Gasteiger partial charge in [-0.3, -0.25) is 9.59 Å². The molecule has 2 N–H and O–H groups in total. The molecule has 0 saturated carbocycles. The molecule has 1 aromatic heterocycles. The summed E-state index contributed by atoms with van der Waals surface area (Å²) in [6.07, 6.45) is -4.52. The zero-order valence-corrected chi connectivity index (χ0v) is 22.9. The summed E-state index contributed by atoms with van der Waals surface area (Å²) in [5.74, 6) is -0.422. The van der Waals surface area contributed by atoms with E-state index in [1.54, 1.807) is 57.2 Å². The van der Waals surface area contributed by atoms with E-state index >= 15 is 0 Å². The summed E-state index contributed by atoms with van der Waals surface area (Å²) in [6.45, 7) is 5.62. The van der Waals surface area contributed by atoms with E-state index in [0.717, 1.165) is 12.1 Å². The average molecular weight is 571 g/mol. The maximum atomic E-state index is 13.2. The Bertz CT molecular complexity index is 1600. The van der Waals surface area contributed by atoms with Crippen molar-refractivity contribution in [2.24, 2.45) is 5.41 Å². The summed E-state index contributed by atoms with van der Waals surface area (Å²) in [5.41, 5.74) is 0.383.